The molecule has 144 valence electrons. The van der Waals surface area contributed by atoms with Gasteiger partial charge in [0.05, 0.1) is 0 Å². The van der Waals surface area contributed by atoms with Crippen LogP contribution in [-0.4, -0.2) is 36.1 Å². The van der Waals surface area contributed by atoms with Gasteiger partial charge in [-0.1, -0.05) is 6.07 Å². The van der Waals surface area contributed by atoms with Crippen LogP contribution in [0.3, 0.4) is 0 Å². The molecule has 0 saturated carbocycles. The lowest BCUT2D eigenvalue weighted by Gasteiger charge is -2.22. The standard InChI is InChI=1S/C19H16FN3O5/c1-19(11-2-7-14-15(8-11)28-10-27-14)17(25)23(18(26)22-19)9-16(24)21-13-5-3-12(20)4-6-13/h2-8H,9-10H2,1H3,(H,21,24)(H,22,26)/t19-/m1/s1. The lowest BCUT2D eigenvalue weighted by molar-refractivity contribution is -0.133. The number of halogens is 1. The molecule has 2 aromatic rings. The first kappa shape index (κ1) is 17.8. The van der Waals surface area contributed by atoms with Gasteiger partial charge in [-0.2, -0.15) is 0 Å². The van der Waals surface area contributed by atoms with E-state index in [9.17, 15) is 18.8 Å². The van der Waals surface area contributed by atoms with Crippen LogP contribution in [-0.2, 0) is 15.1 Å². The number of rotatable bonds is 4. The van der Waals surface area contributed by atoms with E-state index in [-0.39, 0.29) is 6.79 Å². The minimum absolute atomic E-state index is 0.0888. The molecule has 0 radical (unpaired) electrons. The number of carbonyl (C=O) groups excluding carboxylic acids is 3. The number of hydrogen-bond acceptors (Lipinski definition) is 5. The summed E-state index contributed by atoms with van der Waals surface area (Å²) in [5.74, 6) is -0.546. The Balaban J connectivity index is 1.50. The van der Waals surface area contributed by atoms with Crippen molar-refractivity contribution >= 4 is 23.5 Å². The second-order valence-corrected chi connectivity index (χ2v) is 6.57. The maximum absolute atomic E-state index is 12.9. The number of anilines is 1. The number of ether oxygens (including phenoxy) is 2. The first-order valence-corrected chi connectivity index (χ1v) is 8.46. The highest BCUT2D eigenvalue weighted by Crippen LogP contribution is 2.37. The van der Waals surface area contributed by atoms with E-state index >= 15 is 0 Å². The Labute approximate surface area is 159 Å². The van der Waals surface area contributed by atoms with Crippen LogP contribution in [0.1, 0.15) is 12.5 Å². The zero-order valence-corrected chi connectivity index (χ0v) is 14.8. The van der Waals surface area contributed by atoms with Gasteiger partial charge in [-0.15, -0.1) is 0 Å². The largest absolute Gasteiger partial charge is 0.454 e. The quantitative estimate of drug-likeness (QED) is 0.785. The first-order chi connectivity index (χ1) is 13.4. The Morgan fingerprint density at radius 3 is 2.64 bits per heavy atom. The normalized spacial score (nSPS) is 20.3. The second-order valence-electron chi connectivity index (χ2n) is 6.57. The SMILES string of the molecule is C[C@]1(c2ccc3c(c2)OCO3)NC(=O)N(CC(=O)Nc2ccc(F)cc2)C1=O. The Hall–Kier alpha value is -3.62. The van der Waals surface area contributed by atoms with Gasteiger partial charge in [0.25, 0.3) is 5.91 Å². The van der Waals surface area contributed by atoms with Gasteiger partial charge in [-0.25, -0.2) is 9.18 Å². The van der Waals surface area contributed by atoms with Gasteiger partial charge in [0, 0.05) is 5.69 Å². The molecule has 0 bridgehead atoms. The Morgan fingerprint density at radius 1 is 1.18 bits per heavy atom. The van der Waals surface area contributed by atoms with Gasteiger partial charge < -0.3 is 20.1 Å². The summed E-state index contributed by atoms with van der Waals surface area (Å²) in [7, 11) is 0. The summed E-state index contributed by atoms with van der Waals surface area (Å²) in [4.78, 5) is 38.3. The van der Waals surface area contributed by atoms with Gasteiger partial charge in [-0.05, 0) is 48.9 Å². The summed E-state index contributed by atoms with van der Waals surface area (Å²) in [5, 5.41) is 5.15. The molecule has 1 fully saturated rings. The lowest BCUT2D eigenvalue weighted by Crippen LogP contribution is -2.42. The van der Waals surface area contributed by atoms with Crippen molar-refractivity contribution in [3.63, 3.8) is 0 Å². The lowest BCUT2D eigenvalue weighted by atomic mass is 9.91. The summed E-state index contributed by atoms with van der Waals surface area (Å²) in [6.07, 6.45) is 0. The van der Waals surface area contributed by atoms with Crippen molar-refractivity contribution in [3.8, 4) is 11.5 Å². The Morgan fingerprint density at radius 2 is 1.89 bits per heavy atom. The Bertz CT molecular complexity index is 978. The maximum atomic E-state index is 12.9. The summed E-state index contributed by atoms with van der Waals surface area (Å²) in [6.45, 7) is 1.18. The summed E-state index contributed by atoms with van der Waals surface area (Å²) < 4.78 is 23.5. The van der Waals surface area contributed by atoms with Crippen molar-refractivity contribution < 1.29 is 28.2 Å². The molecule has 2 heterocycles. The van der Waals surface area contributed by atoms with E-state index in [1.165, 1.54) is 24.3 Å². The van der Waals surface area contributed by atoms with Gasteiger partial charge in [0.2, 0.25) is 12.7 Å². The highest BCUT2D eigenvalue weighted by Gasteiger charge is 2.49. The van der Waals surface area contributed by atoms with Gasteiger partial charge in [0.1, 0.15) is 17.9 Å². The molecule has 0 aliphatic carbocycles. The molecule has 2 aliphatic rings. The fourth-order valence-electron chi connectivity index (χ4n) is 3.12. The van der Waals surface area contributed by atoms with E-state index in [1.54, 1.807) is 25.1 Å². The van der Waals surface area contributed by atoms with Crippen molar-refractivity contribution in [1.29, 1.82) is 0 Å². The molecule has 0 unspecified atom stereocenters. The molecule has 1 saturated heterocycles. The van der Waals surface area contributed by atoms with Crippen LogP contribution in [0, 0.1) is 5.82 Å². The fourth-order valence-corrected chi connectivity index (χ4v) is 3.12. The van der Waals surface area contributed by atoms with Crippen LogP contribution < -0.4 is 20.1 Å². The minimum atomic E-state index is -1.34. The van der Waals surface area contributed by atoms with Crippen molar-refractivity contribution in [2.45, 2.75) is 12.5 Å². The van der Waals surface area contributed by atoms with Crippen molar-refractivity contribution in [1.82, 2.24) is 10.2 Å². The van der Waals surface area contributed by atoms with E-state index < -0.39 is 35.7 Å². The highest BCUT2D eigenvalue weighted by atomic mass is 19.1. The van der Waals surface area contributed by atoms with E-state index in [0.717, 1.165) is 4.90 Å². The average Bonchev–Trinajstić information content (AvgIpc) is 3.22. The maximum Gasteiger partial charge on any atom is 0.325 e. The molecule has 2 aliphatic heterocycles. The number of urea groups is 1. The van der Waals surface area contributed by atoms with E-state index in [0.29, 0.717) is 22.7 Å². The highest BCUT2D eigenvalue weighted by molar-refractivity contribution is 6.10. The molecular formula is C19H16FN3O5. The van der Waals surface area contributed by atoms with Crippen LogP contribution in [0.4, 0.5) is 14.9 Å². The molecule has 0 aromatic heterocycles. The van der Waals surface area contributed by atoms with E-state index in [1.807, 2.05) is 0 Å². The number of carbonyl (C=O) groups is 3. The number of amides is 4. The predicted octanol–water partition coefficient (Wildman–Crippen LogP) is 1.96. The number of benzene rings is 2. The molecule has 4 amide bonds. The third-order valence-corrected chi connectivity index (χ3v) is 4.65. The molecule has 8 nitrogen and oxygen atoms in total. The third-order valence-electron chi connectivity index (χ3n) is 4.65. The van der Waals surface area contributed by atoms with Crippen LogP contribution in [0.25, 0.3) is 0 Å². The fraction of sp³-hybridized carbons (Fsp3) is 0.211. The molecule has 1 atom stereocenters. The van der Waals surface area contributed by atoms with Crippen molar-refractivity contribution in [3.05, 3.63) is 53.8 Å². The molecule has 2 aromatic carbocycles. The van der Waals surface area contributed by atoms with Crippen LogP contribution in [0.5, 0.6) is 11.5 Å². The smallest absolute Gasteiger partial charge is 0.325 e. The summed E-state index contributed by atoms with van der Waals surface area (Å²) >= 11 is 0. The number of nitrogens with one attached hydrogen (secondary N) is 2. The number of imide groups is 1. The first-order valence-electron chi connectivity index (χ1n) is 8.46. The van der Waals surface area contributed by atoms with Gasteiger partial charge >= 0.3 is 6.03 Å². The number of fused-ring (bicyclic) bond motifs is 1. The second kappa shape index (κ2) is 6.52. The average molecular weight is 385 g/mol. The molecule has 2 N–H and O–H groups in total. The number of hydrogen-bond donors (Lipinski definition) is 2. The monoisotopic (exact) mass is 385 g/mol. The van der Waals surface area contributed by atoms with Crippen LogP contribution >= 0.6 is 0 Å². The van der Waals surface area contributed by atoms with E-state index in [4.69, 9.17) is 9.47 Å². The van der Waals surface area contributed by atoms with Gasteiger partial charge in [0.15, 0.2) is 11.5 Å². The third kappa shape index (κ3) is 3.00. The summed E-state index contributed by atoms with van der Waals surface area (Å²) in [6, 6.07) is 9.42. The van der Waals surface area contributed by atoms with Crippen molar-refractivity contribution in [2.75, 3.05) is 18.7 Å². The zero-order chi connectivity index (χ0) is 19.9. The number of nitrogens with zero attached hydrogens (tertiary/aromatic N) is 1. The minimum Gasteiger partial charge on any atom is -0.454 e. The van der Waals surface area contributed by atoms with Crippen LogP contribution in [0.2, 0.25) is 0 Å². The predicted molar refractivity (Wildman–Crippen MR) is 95.2 cm³/mol. The van der Waals surface area contributed by atoms with E-state index in [2.05, 4.69) is 10.6 Å². The molecule has 4 rings (SSSR count). The summed E-state index contributed by atoms with van der Waals surface area (Å²) in [5.41, 5.74) is -0.470. The molecule has 28 heavy (non-hydrogen) atoms. The molecule has 9 heteroatoms. The van der Waals surface area contributed by atoms with Crippen molar-refractivity contribution in [2.24, 2.45) is 0 Å². The Kier molecular flexibility index (Phi) is 4.14. The molecular weight excluding hydrogens is 369 g/mol. The topological polar surface area (TPSA) is 97.0 Å². The zero-order valence-electron chi connectivity index (χ0n) is 14.8. The van der Waals surface area contributed by atoms with Crippen LogP contribution in [0.15, 0.2) is 42.5 Å². The molecule has 0 spiro atoms. The van der Waals surface area contributed by atoms with Gasteiger partial charge in [-0.3, -0.25) is 14.5 Å².